The molecule has 2 bridgehead atoms. The summed E-state index contributed by atoms with van der Waals surface area (Å²) >= 11 is 0. The summed E-state index contributed by atoms with van der Waals surface area (Å²) in [5.74, 6) is 1.26. The molecule has 0 radical (unpaired) electrons. The van der Waals surface area contributed by atoms with Gasteiger partial charge in [-0.3, -0.25) is 4.79 Å². The van der Waals surface area contributed by atoms with Crippen molar-refractivity contribution >= 4 is 5.91 Å². The quantitative estimate of drug-likeness (QED) is 0.830. The molecule has 1 aliphatic heterocycles. The third-order valence-corrected chi connectivity index (χ3v) is 7.59. The van der Waals surface area contributed by atoms with Crippen molar-refractivity contribution in [3.05, 3.63) is 29.8 Å². The van der Waals surface area contributed by atoms with E-state index in [9.17, 15) is 9.90 Å². The Kier molecular flexibility index (Phi) is 4.71. The molecule has 5 heteroatoms. The van der Waals surface area contributed by atoms with Gasteiger partial charge in [0.2, 0.25) is 5.91 Å². The summed E-state index contributed by atoms with van der Waals surface area (Å²) in [5, 5.41) is 13.8. The molecule has 1 amide bonds. The van der Waals surface area contributed by atoms with Crippen LogP contribution < -0.4 is 5.32 Å². The number of phenols is 1. The lowest BCUT2D eigenvalue weighted by atomic mass is 9.58. The predicted octanol–water partition coefficient (Wildman–Crippen LogP) is 3.43. The number of carbonyl (C=O) groups excluding carboxylic acids is 1. The topological polar surface area (TPSA) is 67.8 Å². The van der Waals surface area contributed by atoms with Crippen LogP contribution in [0.15, 0.2) is 24.3 Å². The minimum absolute atomic E-state index is 0.0437. The van der Waals surface area contributed by atoms with Crippen molar-refractivity contribution < 1.29 is 19.4 Å². The molecule has 5 nitrogen and oxygen atoms in total. The van der Waals surface area contributed by atoms with Crippen LogP contribution in [-0.4, -0.2) is 37.4 Å². The zero-order valence-corrected chi connectivity index (χ0v) is 16.5. The lowest BCUT2D eigenvalue weighted by Gasteiger charge is -2.53. The Balaban J connectivity index is 1.64. The maximum atomic E-state index is 12.5. The summed E-state index contributed by atoms with van der Waals surface area (Å²) in [5.41, 5.74) is 0.999. The molecule has 1 spiro atoms. The van der Waals surface area contributed by atoms with E-state index in [1.54, 1.807) is 13.2 Å². The molecule has 3 fully saturated rings. The first-order valence-electron chi connectivity index (χ1n) is 10.1. The second kappa shape index (κ2) is 6.78. The minimum Gasteiger partial charge on any atom is -0.508 e. The Labute approximate surface area is 161 Å². The minimum atomic E-state index is -0.0978. The summed E-state index contributed by atoms with van der Waals surface area (Å²) in [7, 11) is 1.62. The number of ether oxygens (including phenoxy) is 2. The smallest absolute Gasteiger partial charge is 0.222 e. The van der Waals surface area contributed by atoms with Crippen molar-refractivity contribution in [1.29, 1.82) is 0 Å². The molecule has 0 unspecified atom stereocenters. The second-order valence-corrected chi connectivity index (χ2v) is 9.14. The van der Waals surface area contributed by atoms with E-state index in [0.29, 0.717) is 37.2 Å². The molecular formula is C22H31NO4. The maximum absolute atomic E-state index is 12.5. The first-order valence-corrected chi connectivity index (χ1v) is 10.1. The highest BCUT2D eigenvalue weighted by atomic mass is 16.5. The van der Waals surface area contributed by atoms with Gasteiger partial charge in [-0.25, -0.2) is 0 Å². The van der Waals surface area contributed by atoms with Crippen LogP contribution in [-0.2, 0) is 14.3 Å². The molecule has 2 N–H and O–H groups in total. The van der Waals surface area contributed by atoms with Crippen molar-refractivity contribution in [2.45, 2.75) is 51.7 Å². The molecule has 1 heterocycles. The van der Waals surface area contributed by atoms with E-state index >= 15 is 0 Å². The van der Waals surface area contributed by atoms with Gasteiger partial charge in [0.15, 0.2) is 0 Å². The van der Waals surface area contributed by atoms with Gasteiger partial charge in [-0.2, -0.15) is 0 Å². The van der Waals surface area contributed by atoms with Gasteiger partial charge in [0.1, 0.15) is 5.75 Å². The number of amides is 1. The Morgan fingerprint density at radius 1 is 1.37 bits per heavy atom. The van der Waals surface area contributed by atoms with Crippen LogP contribution in [0, 0.1) is 22.7 Å². The Morgan fingerprint density at radius 3 is 2.89 bits per heavy atom. The van der Waals surface area contributed by atoms with E-state index in [2.05, 4.69) is 19.2 Å². The number of methoxy groups -OCH3 is 1. The number of rotatable bonds is 5. The molecule has 2 saturated carbocycles. The van der Waals surface area contributed by atoms with Crippen molar-refractivity contribution in [3.8, 4) is 5.75 Å². The van der Waals surface area contributed by atoms with Gasteiger partial charge in [-0.15, -0.1) is 0 Å². The third-order valence-electron chi connectivity index (χ3n) is 7.59. The van der Waals surface area contributed by atoms with E-state index in [4.69, 9.17) is 9.47 Å². The van der Waals surface area contributed by atoms with Crippen molar-refractivity contribution in [3.63, 3.8) is 0 Å². The van der Waals surface area contributed by atoms with Crippen LogP contribution >= 0.6 is 0 Å². The van der Waals surface area contributed by atoms with Crippen LogP contribution in [0.25, 0.3) is 0 Å². The van der Waals surface area contributed by atoms with Crippen LogP contribution in [0.4, 0.5) is 0 Å². The Morgan fingerprint density at radius 2 is 2.15 bits per heavy atom. The standard InChI is InChI=1S/C22H31NO4/c1-21(2)14-12-16-19(15-6-4-5-7-17(15)24)27-11-9-22(16,13-14)20(21)23-18(25)8-10-26-3/h4-7,14,16,19-20,24H,8-13H2,1-3H3,(H,23,25)/t14-,16-,19-,20+,22-/m1/s1. The van der Waals surface area contributed by atoms with Crippen LogP contribution in [0.1, 0.15) is 51.2 Å². The summed E-state index contributed by atoms with van der Waals surface area (Å²) in [4.78, 5) is 12.5. The summed E-state index contributed by atoms with van der Waals surface area (Å²) in [6.07, 6.45) is 3.49. The lowest BCUT2D eigenvalue weighted by Crippen LogP contribution is -2.59. The van der Waals surface area contributed by atoms with Crippen LogP contribution in [0.3, 0.4) is 0 Å². The van der Waals surface area contributed by atoms with Gasteiger partial charge >= 0.3 is 0 Å². The van der Waals surface area contributed by atoms with Crippen molar-refractivity contribution in [2.24, 2.45) is 22.7 Å². The molecule has 3 aliphatic rings. The average Bonchev–Trinajstić information content (AvgIpc) is 3.13. The van der Waals surface area contributed by atoms with E-state index in [-0.39, 0.29) is 28.9 Å². The van der Waals surface area contributed by atoms with Gasteiger partial charge in [-0.05, 0) is 48.0 Å². The largest absolute Gasteiger partial charge is 0.508 e. The number of carbonyl (C=O) groups is 1. The number of hydrogen-bond acceptors (Lipinski definition) is 4. The maximum Gasteiger partial charge on any atom is 0.222 e. The van der Waals surface area contributed by atoms with Gasteiger partial charge in [0, 0.05) is 31.7 Å². The van der Waals surface area contributed by atoms with Crippen molar-refractivity contribution in [2.75, 3.05) is 20.3 Å². The summed E-state index contributed by atoms with van der Waals surface area (Å²) in [6.45, 7) is 5.72. The third kappa shape index (κ3) is 2.87. The van der Waals surface area contributed by atoms with Gasteiger partial charge < -0.3 is 19.9 Å². The number of aromatic hydroxyl groups is 1. The molecule has 1 aromatic rings. The highest BCUT2D eigenvalue weighted by Crippen LogP contribution is 2.70. The first-order chi connectivity index (χ1) is 12.9. The van der Waals surface area contributed by atoms with E-state index in [1.807, 2.05) is 18.2 Å². The van der Waals surface area contributed by atoms with E-state index < -0.39 is 0 Å². The highest BCUT2D eigenvalue weighted by molar-refractivity contribution is 5.76. The Hall–Kier alpha value is -1.59. The molecular weight excluding hydrogens is 342 g/mol. The number of phenolic OH excluding ortho intramolecular Hbond substituents is 1. The average molecular weight is 373 g/mol. The molecule has 4 rings (SSSR count). The zero-order chi connectivity index (χ0) is 19.2. The molecule has 148 valence electrons. The SMILES string of the molecule is COCCC(=O)N[C@H]1C(C)(C)[C@@H]2C[C@@H]3[C@@H](c4ccccc4O)OCC[C@@]31C2. The Bertz CT molecular complexity index is 718. The number of nitrogens with one attached hydrogen (secondary N) is 1. The monoisotopic (exact) mass is 373 g/mol. The van der Waals surface area contributed by atoms with Gasteiger partial charge in [0.25, 0.3) is 0 Å². The van der Waals surface area contributed by atoms with E-state index in [1.165, 1.54) is 0 Å². The van der Waals surface area contributed by atoms with Gasteiger partial charge in [0.05, 0.1) is 12.7 Å². The summed E-state index contributed by atoms with van der Waals surface area (Å²) < 4.78 is 11.3. The first kappa shape index (κ1) is 18.8. The molecule has 0 aromatic heterocycles. The fourth-order valence-corrected chi connectivity index (χ4v) is 6.25. The lowest BCUT2D eigenvalue weighted by molar-refractivity contribution is -0.138. The van der Waals surface area contributed by atoms with Crippen LogP contribution in [0.5, 0.6) is 5.75 Å². The number of hydrogen-bond donors (Lipinski definition) is 2. The molecule has 27 heavy (non-hydrogen) atoms. The second-order valence-electron chi connectivity index (χ2n) is 9.14. The van der Waals surface area contributed by atoms with Crippen LogP contribution in [0.2, 0.25) is 0 Å². The van der Waals surface area contributed by atoms with Crippen molar-refractivity contribution in [1.82, 2.24) is 5.32 Å². The number of para-hydroxylation sites is 1. The fourth-order valence-electron chi connectivity index (χ4n) is 6.25. The number of benzene rings is 1. The fraction of sp³-hybridized carbons (Fsp3) is 0.682. The molecule has 5 atom stereocenters. The number of fused-ring (bicyclic) bond motifs is 1. The summed E-state index contributed by atoms with van der Waals surface area (Å²) in [6, 6.07) is 7.65. The predicted molar refractivity (Wildman–Crippen MR) is 102 cm³/mol. The zero-order valence-electron chi connectivity index (χ0n) is 16.5. The highest BCUT2D eigenvalue weighted by Gasteiger charge is 2.68. The molecule has 1 aromatic carbocycles. The normalized spacial score (nSPS) is 36.4. The van der Waals surface area contributed by atoms with Gasteiger partial charge in [-0.1, -0.05) is 32.0 Å². The molecule has 1 saturated heterocycles. The van der Waals surface area contributed by atoms with E-state index in [0.717, 1.165) is 24.8 Å². The molecule has 2 aliphatic carbocycles.